The molecule has 0 bridgehead atoms. The van der Waals surface area contributed by atoms with E-state index in [2.05, 4.69) is 34.7 Å². The number of carbonyl (C=O) groups is 1. The molecule has 5 heteroatoms. The van der Waals surface area contributed by atoms with Crippen molar-refractivity contribution in [3.05, 3.63) is 48.2 Å². The minimum Gasteiger partial charge on any atom is -0.368 e. The van der Waals surface area contributed by atoms with Gasteiger partial charge in [-0.2, -0.15) is 0 Å². The summed E-state index contributed by atoms with van der Waals surface area (Å²) < 4.78 is 5.36. The van der Waals surface area contributed by atoms with Crippen molar-refractivity contribution in [2.75, 3.05) is 17.2 Å². The topological polar surface area (TPSA) is 63.2 Å². The number of anilines is 3. The number of hydrogen-bond donors (Lipinski definition) is 2. The summed E-state index contributed by atoms with van der Waals surface area (Å²) in [6.45, 7) is 2.80. The quantitative estimate of drug-likeness (QED) is 0.887. The van der Waals surface area contributed by atoms with Gasteiger partial charge in [-0.1, -0.05) is 19.1 Å². The maximum atomic E-state index is 12.0. The third-order valence-electron chi connectivity index (χ3n) is 3.89. The monoisotopic (exact) mass is 311 g/mol. The minimum absolute atomic E-state index is 0.0971. The largest absolute Gasteiger partial charge is 0.368 e. The lowest BCUT2D eigenvalue weighted by molar-refractivity contribution is -0.124. The number of carbonyl (C=O) groups excluding carboxylic acids is 1. The molecule has 120 valence electrons. The van der Waals surface area contributed by atoms with E-state index >= 15 is 0 Å². The van der Waals surface area contributed by atoms with Gasteiger partial charge in [0, 0.05) is 12.3 Å². The zero-order chi connectivity index (χ0) is 16.1. The van der Waals surface area contributed by atoms with Gasteiger partial charge in [0.1, 0.15) is 11.9 Å². The summed E-state index contributed by atoms with van der Waals surface area (Å²) in [7, 11) is 0. The van der Waals surface area contributed by atoms with Crippen LogP contribution in [0.5, 0.6) is 0 Å². The van der Waals surface area contributed by atoms with E-state index in [0.717, 1.165) is 30.8 Å². The van der Waals surface area contributed by atoms with Crippen molar-refractivity contribution in [2.24, 2.45) is 0 Å². The third-order valence-corrected chi connectivity index (χ3v) is 3.89. The second kappa shape index (κ2) is 7.24. The van der Waals surface area contributed by atoms with Crippen LogP contribution in [0.4, 0.5) is 17.2 Å². The molecule has 1 amide bonds. The molecule has 2 aromatic rings. The molecule has 0 radical (unpaired) electrons. The Morgan fingerprint density at radius 1 is 1.22 bits per heavy atom. The molecule has 2 N–H and O–H groups in total. The maximum absolute atomic E-state index is 12.0. The van der Waals surface area contributed by atoms with Crippen molar-refractivity contribution in [3.8, 4) is 0 Å². The van der Waals surface area contributed by atoms with Crippen molar-refractivity contribution in [1.29, 1.82) is 0 Å². The highest BCUT2D eigenvalue weighted by atomic mass is 16.5. The Hall–Kier alpha value is -2.40. The normalized spacial score (nSPS) is 17.0. The highest BCUT2D eigenvalue weighted by Crippen LogP contribution is 2.18. The highest BCUT2D eigenvalue weighted by Gasteiger charge is 2.23. The summed E-state index contributed by atoms with van der Waals surface area (Å²) in [4.78, 5) is 16.3. The van der Waals surface area contributed by atoms with Crippen molar-refractivity contribution in [3.63, 3.8) is 0 Å². The fourth-order valence-corrected chi connectivity index (χ4v) is 2.52. The SMILES string of the molecule is CCc1ccc(Nc2ccc(NC(=O)C3CCCO3)cn2)cc1. The first-order valence-corrected chi connectivity index (χ1v) is 7.99. The number of amides is 1. The lowest BCUT2D eigenvalue weighted by Gasteiger charge is -2.11. The summed E-state index contributed by atoms with van der Waals surface area (Å²) in [6.07, 6.45) is 4.07. The average molecular weight is 311 g/mol. The van der Waals surface area contributed by atoms with Crippen LogP contribution < -0.4 is 10.6 Å². The molecule has 1 atom stereocenters. The van der Waals surface area contributed by atoms with Crippen molar-refractivity contribution in [2.45, 2.75) is 32.3 Å². The first kappa shape index (κ1) is 15.5. The van der Waals surface area contributed by atoms with Gasteiger partial charge in [-0.05, 0) is 49.1 Å². The summed E-state index contributed by atoms with van der Waals surface area (Å²) in [5.74, 6) is 0.643. The predicted molar refractivity (Wildman–Crippen MR) is 90.9 cm³/mol. The fourth-order valence-electron chi connectivity index (χ4n) is 2.52. The molecule has 0 spiro atoms. The van der Waals surface area contributed by atoms with Crippen LogP contribution in [0.1, 0.15) is 25.3 Å². The number of pyridine rings is 1. The van der Waals surface area contributed by atoms with Gasteiger partial charge in [0.15, 0.2) is 0 Å². The molecular weight excluding hydrogens is 290 g/mol. The molecule has 1 aliphatic rings. The second-order valence-corrected chi connectivity index (χ2v) is 5.60. The van der Waals surface area contributed by atoms with Gasteiger partial charge in [0.2, 0.25) is 0 Å². The van der Waals surface area contributed by atoms with Crippen LogP contribution in [-0.4, -0.2) is 23.6 Å². The van der Waals surface area contributed by atoms with Crippen LogP contribution in [-0.2, 0) is 16.0 Å². The van der Waals surface area contributed by atoms with Crippen molar-refractivity contribution in [1.82, 2.24) is 4.98 Å². The number of aromatic nitrogens is 1. The lowest BCUT2D eigenvalue weighted by Crippen LogP contribution is -2.26. The van der Waals surface area contributed by atoms with Crippen LogP contribution in [0, 0.1) is 0 Å². The number of nitrogens with one attached hydrogen (secondary N) is 2. The van der Waals surface area contributed by atoms with Crippen LogP contribution in [0.2, 0.25) is 0 Å². The molecule has 0 aliphatic carbocycles. The Kier molecular flexibility index (Phi) is 4.88. The number of nitrogens with zero attached hydrogens (tertiary/aromatic N) is 1. The number of ether oxygens (including phenoxy) is 1. The van der Waals surface area contributed by atoms with E-state index in [9.17, 15) is 4.79 Å². The van der Waals surface area contributed by atoms with Gasteiger partial charge in [-0.3, -0.25) is 4.79 Å². The van der Waals surface area contributed by atoms with E-state index in [1.54, 1.807) is 6.20 Å². The average Bonchev–Trinajstić information content (AvgIpc) is 3.12. The molecule has 3 rings (SSSR count). The minimum atomic E-state index is -0.329. The summed E-state index contributed by atoms with van der Waals surface area (Å²) in [6, 6.07) is 11.9. The smallest absolute Gasteiger partial charge is 0.253 e. The van der Waals surface area contributed by atoms with Crippen molar-refractivity contribution < 1.29 is 9.53 Å². The van der Waals surface area contributed by atoms with Crippen LogP contribution in [0.25, 0.3) is 0 Å². The standard InChI is InChI=1S/C18H21N3O2/c1-2-13-5-7-14(8-6-13)20-17-10-9-15(12-19-17)21-18(22)16-4-3-11-23-16/h5-10,12,16H,2-4,11H2,1H3,(H,19,20)(H,21,22). The Labute approximate surface area is 136 Å². The van der Waals surface area contributed by atoms with E-state index < -0.39 is 0 Å². The lowest BCUT2D eigenvalue weighted by atomic mass is 10.1. The first-order valence-electron chi connectivity index (χ1n) is 7.99. The van der Waals surface area contributed by atoms with Gasteiger partial charge >= 0.3 is 0 Å². The summed E-state index contributed by atoms with van der Waals surface area (Å²) in [5.41, 5.74) is 2.97. The number of hydrogen-bond acceptors (Lipinski definition) is 4. The molecule has 23 heavy (non-hydrogen) atoms. The zero-order valence-corrected chi connectivity index (χ0v) is 13.2. The van der Waals surface area contributed by atoms with Crippen LogP contribution in [0.3, 0.4) is 0 Å². The van der Waals surface area contributed by atoms with E-state index in [1.165, 1.54) is 5.56 Å². The zero-order valence-electron chi connectivity index (χ0n) is 13.2. The molecule has 1 unspecified atom stereocenters. The van der Waals surface area contributed by atoms with E-state index in [1.807, 2.05) is 24.3 Å². The molecular formula is C18H21N3O2. The Morgan fingerprint density at radius 2 is 2.00 bits per heavy atom. The van der Waals surface area contributed by atoms with Crippen LogP contribution in [0.15, 0.2) is 42.6 Å². The van der Waals surface area contributed by atoms with E-state index in [0.29, 0.717) is 12.3 Å². The molecule has 1 aromatic heterocycles. The Bertz CT molecular complexity index is 647. The molecule has 1 saturated heterocycles. The summed E-state index contributed by atoms with van der Waals surface area (Å²) in [5, 5.41) is 6.08. The highest BCUT2D eigenvalue weighted by molar-refractivity contribution is 5.94. The van der Waals surface area contributed by atoms with Gasteiger partial charge in [0.25, 0.3) is 5.91 Å². The third kappa shape index (κ3) is 4.07. The molecule has 1 aromatic carbocycles. The number of rotatable bonds is 5. The van der Waals surface area contributed by atoms with Gasteiger partial charge in [-0.15, -0.1) is 0 Å². The molecule has 1 aliphatic heterocycles. The Morgan fingerprint density at radius 3 is 2.61 bits per heavy atom. The Balaban J connectivity index is 1.58. The van der Waals surface area contributed by atoms with Gasteiger partial charge < -0.3 is 15.4 Å². The van der Waals surface area contributed by atoms with Crippen molar-refractivity contribution >= 4 is 23.1 Å². The molecule has 5 nitrogen and oxygen atoms in total. The fraction of sp³-hybridized carbons (Fsp3) is 0.333. The van der Waals surface area contributed by atoms with E-state index in [4.69, 9.17) is 4.74 Å². The first-order chi connectivity index (χ1) is 11.2. The van der Waals surface area contributed by atoms with Crippen LogP contribution >= 0.6 is 0 Å². The summed E-state index contributed by atoms with van der Waals surface area (Å²) >= 11 is 0. The molecule has 0 saturated carbocycles. The molecule has 2 heterocycles. The predicted octanol–water partition coefficient (Wildman–Crippen LogP) is 3.51. The number of benzene rings is 1. The number of aryl methyl sites for hydroxylation is 1. The van der Waals surface area contributed by atoms with Gasteiger partial charge in [-0.25, -0.2) is 4.98 Å². The van der Waals surface area contributed by atoms with Gasteiger partial charge in [0.05, 0.1) is 11.9 Å². The second-order valence-electron chi connectivity index (χ2n) is 5.60. The maximum Gasteiger partial charge on any atom is 0.253 e. The van der Waals surface area contributed by atoms with E-state index in [-0.39, 0.29) is 12.0 Å². The molecule has 1 fully saturated rings.